The minimum atomic E-state index is -2.85. The monoisotopic (exact) mass is 226 g/mol. The van der Waals surface area contributed by atoms with Crippen LogP contribution < -0.4 is 10.1 Å². The van der Waals surface area contributed by atoms with Crippen molar-refractivity contribution in [3.05, 3.63) is 24.3 Å². The first-order valence-corrected chi connectivity index (χ1v) is 4.81. The lowest BCUT2D eigenvalue weighted by molar-refractivity contribution is -0.0493. The Morgan fingerprint density at radius 2 is 2.12 bits per heavy atom. The van der Waals surface area contributed by atoms with Gasteiger partial charge in [-0.3, -0.25) is 0 Å². The molecule has 5 heteroatoms. The lowest BCUT2D eigenvalue weighted by Gasteiger charge is -2.12. The Hall–Kier alpha value is -1.83. The second-order valence-corrected chi connectivity index (χ2v) is 3.29. The number of nitrogens with zero attached hydrogens (tertiary/aromatic N) is 1. The maximum Gasteiger partial charge on any atom is 0.387 e. The molecule has 0 fully saturated rings. The topological polar surface area (TPSA) is 45.0 Å². The molecule has 1 aromatic carbocycles. The zero-order chi connectivity index (χ0) is 12.0. The van der Waals surface area contributed by atoms with Crippen molar-refractivity contribution in [2.24, 2.45) is 5.92 Å². The van der Waals surface area contributed by atoms with Gasteiger partial charge in [0, 0.05) is 6.54 Å². The molecule has 1 unspecified atom stereocenters. The molecule has 0 heterocycles. The van der Waals surface area contributed by atoms with E-state index in [-0.39, 0.29) is 11.7 Å². The Morgan fingerprint density at radius 3 is 2.75 bits per heavy atom. The molecule has 16 heavy (non-hydrogen) atoms. The Morgan fingerprint density at radius 1 is 1.44 bits per heavy atom. The number of para-hydroxylation sites is 2. The Bertz CT molecular complexity index is 376. The molecule has 0 saturated heterocycles. The summed E-state index contributed by atoms with van der Waals surface area (Å²) in [5.74, 6) is -0.109. The largest absolute Gasteiger partial charge is 0.433 e. The van der Waals surface area contributed by atoms with E-state index in [2.05, 4.69) is 10.1 Å². The van der Waals surface area contributed by atoms with Crippen molar-refractivity contribution < 1.29 is 13.5 Å². The van der Waals surface area contributed by atoms with Crippen molar-refractivity contribution in [3.63, 3.8) is 0 Å². The summed E-state index contributed by atoms with van der Waals surface area (Å²) in [6, 6.07) is 8.43. The molecule has 0 aromatic heterocycles. The number of rotatable bonds is 5. The third kappa shape index (κ3) is 3.73. The van der Waals surface area contributed by atoms with E-state index in [1.807, 2.05) is 6.07 Å². The fourth-order valence-electron chi connectivity index (χ4n) is 1.12. The SMILES string of the molecule is CC(C#N)CNc1ccccc1OC(F)F. The van der Waals surface area contributed by atoms with Crippen LogP contribution in [0, 0.1) is 17.2 Å². The smallest absolute Gasteiger partial charge is 0.387 e. The van der Waals surface area contributed by atoms with Crippen molar-refractivity contribution in [1.82, 2.24) is 0 Å². The predicted octanol–water partition coefficient (Wildman–Crippen LogP) is 2.86. The molecular weight excluding hydrogens is 214 g/mol. The first-order chi connectivity index (χ1) is 7.63. The van der Waals surface area contributed by atoms with Crippen LogP contribution in [0.4, 0.5) is 14.5 Å². The molecule has 0 saturated carbocycles. The van der Waals surface area contributed by atoms with Gasteiger partial charge in [-0.05, 0) is 19.1 Å². The van der Waals surface area contributed by atoms with E-state index in [9.17, 15) is 8.78 Å². The molecule has 3 nitrogen and oxygen atoms in total. The third-order valence-corrected chi connectivity index (χ3v) is 1.92. The number of ether oxygens (including phenoxy) is 1. The Kier molecular flexibility index (Phi) is 4.52. The minimum absolute atomic E-state index is 0.0858. The fourth-order valence-corrected chi connectivity index (χ4v) is 1.12. The van der Waals surface area contributed by atoms with Gasteiger partial charge in [-0.2, -0.15) is 14.0 Å². The van der Waals surface area contributed by atoms with Crippen LogP contribution in [-0.4, -0.2) is 13.2 Å². The molecule has 1 aromatic rings. The number of nitrogens with one attached hydrogen (secondary N) is 1. The standard InChI is InChI=1S/C11H12F2N2O/c1-8(6-14)7-15-9-4-2-3-5-10(9)16-11(12)13/h2-5,8,11,15H,7H2,1H3. The number of alkyl halides is 2. The van der Waals surface area contributed by atoms with Crippen LogP contribution >= 0.6 is 0 Å². The van der Waals surface area contributed by atoms with Gasteiger partial charge in [-0.25, -0.2) is 0 Å². The van der Waals surface area contributed by atoms with E-state index < -0.39 is 6.61 Å². The summed E-state index contributed by atoms with van der Waals surface area (Å²) in [6.45, 7) is -0.722. The van der Waals surface area contributed by atoms with Gasteiger partial charge in [0.1, 0.15) is 5.75 Å². The highest BCUT2D eigenvalue weighted by Gasteiger charge is 2.09. The normalized spacial score (nSPS) is 11.9. The van der Waals surface area contributed by atoms with Crippen LogP contribution in [0.25, 0.3) is 0 Å². The molecule has 1 atom stereocenters. The van der Waals surface area contributed by atoms with Gasteiger partial charge in [0.05, 0.1) is 17.7 Å². The number of anilines is 1. The number of hydrogen-bond acceptors (Lipinski definition) is 3. The van der Waals surface area contributed by atoms with E-state index in [0.29, 0.717) is 12.2 Å². The zero-order valence-corrected chi connectivity index (χ0v) is 8.78. The van der Waals surface area contributed by atoms with Gasteiger partial charge >= 0.3 is 6.61 Å². The van der Waals surface area contributed by atoms with Gasteiger partial charge in [0.25, 0.3) is 0 Å². The number of nitriles is 1. The van der Waals surface area contributed by atoms with Crippen molar-refractivity contribution in [1.29, 1.82) is 5.26 Å². The van der Waals surface area contributed by atoms with Crippen LogP contribution in [0.2, 0.25) is 0 Å². The van der Waals surface area contributed by atoms with Gasteiger partial charge in [0.15, 0.2) is 0 Å². The summed E-state index contributed by atoms with van der Waals surface area (Å²) in [4.78, 5) is 0. The van der Waals surface area contributed by atoms with E-state index in [4.69, 9.17) is 5.26 Å². The number of halogens is 2. The van der Waals surface area contributed by atoms with Crippen LogP contribution in [0.5, 0.6) is 5.75 Å². The lowest BCUT2D eigenvalue weighted by atomic mass is 10.2. The van der Waals surface area contributed by atoms with Crippen LogP contribution in [0.1, 0.15) is 6.92 Å². The van der Waals surface area contributed by atoms with E-state index in [1.54, 1.807) is 25.1 Å². The molecule has 86 valence electrons. The predicted molar refractivity (Wildman–Crippen MR) is 56.3 cm³/mol. The molecule has 0 aliphatic carbocycles. The average Bonchev–Trinajstić information content (AvgIpc) is 2.26. The molecule has 0 spiro atoms. The quantitative estimate of drug-likeness (QED) is 0.839. The van der Waals surface area contributed by atoms with Crippen LogP contribution in [0.15, 0.2) is 24.3 Å². The summed E-state index contributed by atoms with van der Waals surface area (Å²) in [5.41, 5.74) is 0.463. The van der Waals surface area contributed by atoms with Gasteiger partial charge < -0.3 is 10.1 Å². The molecule has 0 radical (unpaired) electrons. The van der Waals surface area contributed by atoms with E-state index in [0.717, 1.165) is 0 Å². The molecule has 1 N–H and O–H groups in total. The summed E-state index contributed by atoms with van der Waals surface area (Å²) in [7, 11) is 0. The third-order valence-electron chi connectivity index (χ3n) is 1.92. The summed E-state index contributed by atoms with van der Waals surface area (Å²) < 4.78 is 28.5. The van der Waals surface area contributed by atoms with Crippen molar-refractivity contribution in [2.45, 2.75) is 13.5 Å². The van der Waals surface area contributed by atoms with Crippen molar-refractivity contribution in [2.75, 3.05) is 11.9 Å². The van der Waals surface area contributed by atoms with Gasteiger partial charge in [-0.15, -0.1) is 0 Å². The van der Waals surface area contributed by atoms with Gasteiger partial charge in [0.2, 0.25) is 0 Å². The summed E-state index contributed by atoms with van der Waals surface area (Å²) in [5, 5.41) is 11.5. The second-order valence-electron chi connectivity index (χ2n) is 3.29. The maximum atomic E-state index is 12.1. The average molecular weight is 226 g/mol. The zero-order valence-electron chi connectivity index (χ0n) is 8.78. The van der Waals surface area contributed by atoms with Crippen molar-refractivity contribution >= 4 is 5.69 Å². The summed E-state index contributed by atoms with van der Waals surface area (Å²) >= 11 is 0. The first kappa shape index (κ1) is 12.2. The molecule has 0 bridgehead atoms. The molecule has 0 aliphatic heterocycles. The Labute approximate surface area is 92.6 Å². The molecule has 0 amide bonds. The number of hydrogen-bond donors (Lipinski definition) is 1. The highest BCUT2D eigenvalue weighted by atomic mass is 19.3. The minimum Gasteiger partial charge on any atom is -0.433 e. The first-order valence-electron chi connectivity index (χ1n) is 4.81. The fraction of sp³-hybridized carbons (Fsp3) is 0.364. The highest BCUT2D eigenvalue weighted by Crippen LogP contribution is 2.25. The van der Waals surface area contributed by atoms with Crippen LogP contribution in [-0.2, 0) is 0 Å². The molecule has 1 rings (SSSR count). The van der Waals surface area contributed by atoms with Gasteiger partial charge in [-0.1, -0.05) is 12.1 Å². The van der Waals surface area contributed by atoms with Crippen molar-refractivity contribution in [3.8, 4) is 11.8 Å². The highest BCUT2D eigenvalue weighted by molar-refractivity contribution is 5.56. The molecule has 0 aliphatic rings. The van der Waals surface area contributed by atoms with Crippen LogP contribution in [0.3, 0.4) is 0 Å². The maximum absolute atomic E-state index is 12.1. The number of benzene rings is 1. The lowest BCUT2D eigenvalue weighted by Crippen LogP contribution is -2.11. The molecular formula is C11H12F2N2O. The Balaban J connectivity index is 2.68. The van der Waals surface area contributed by atoms with E-state index in [1.165, 1.54) is 6.07 Å². The van der Waals surface area contributed by atoms with E-state index >= 15 is 0 Å². The second kappa shape index (κ2) is 5.91. The summed E-state index contributed by atoms with van der Waals surface area (Å²) in [6.07, 6.45) is 0.